The highest BCUT2D eigenvalue weighted by Crippen LogP contribution is 2.34. The molecule has 0 spiro atoms. The SMILES string of the molecule is CCCCn1ncc2[nH]c(-c3ccc4c(c3)OCCO4)nc21. The Balaban J connectivity index is 1.70. The van der Waals surface area contributed by atoms with Crippen LogP contribution < -0.4 is 9.47 Å². The summed E-state index contributed by atoms with van der Waals surface area (Å²) in [6, 6.07) is 5.89. The van der Waals surface area contributed by atoms with Crippen molar-refractivity contribution in [1.29, 1.82) is 0 Å². The number of aromatic amines is 1. The molecule has 0 unspecified atom stereocenters. The van der Waals surface area contributed by atoms with E-state index in [1.807, 2.05) is 29.1 Å². The quantitative estimate of drug-likeness (QED) is 0.804. The van der Waals surface area contributed by atoms with Gasteiger partial charge in [0.15, 0.2) is 17.1 Å². The molecule has 0 bridgehead atoms. The maximum absolute atomic E-state index is 5.63. The molecule has 0 saturated heterocycles. The molecule has 0 aliphatic carbocycles. The lowest BCUT2D eigenvalue weighted by atomic mass is 10.2. The summed E-state index contributed by atoms with van der Waals surface area (Å²) in [6.45, 7) is 4.25. The van der Waals surface area contributed by atoms with Gasteiger partial charge in [0, 0.05) is 12.1 Å². The van der Waals surface area contributed by atoms with Crippen LogP contribution in [0.3, 0.4) is 0 Å². The lowest BCUT2D eigenvalue weighted by Gasteiger charge is -2.18. The Bertz CT molecular complexity index is 806. The number of unbranched alkanes of at least 4 members (excludes halogenated alkanes) is 1. The molecule has 1 aliphatic heterocycles. The molecule has 6 nitrogen and oxygen atoms in total. The van der Waals surface area contributed by atoms with E-state index in [1.165, 1.54) is 0 Å². The Morgan fingerprint density at radius 3 is 2.95 bits per heavy atom. The van der Waals surface area contributed by atoms with Crippen molar-refractivity contribution in [2.75, 3.05) is 13.2 Å². The van der Waals surface area contributed by atoms with Crippen molar-refractivity contribution in [1.82, 2.24) is 19.7 Å². The third kappa shape index (κ3) is 2.20. The Labute approximate surface area is 128 Å². The third-order valence-corrected chi connectivity index (χ3v) is 3.82. The van der Waals surface area contributed by atoms with Gasteiger partial charge in [0.2, 0.25) is 0 Å². The van der Waals surface area contributed by atoms with Crippen LogP contribution in [0.2, 0.25) is 0 Å². The third-order valence-electron chi connectivity index (χ3n) is 3.82. The van der Waals surface area contributed by atoms with E-state index in [0.29, 0.717) is 13.2 Å². The summed E-state index contributed by atoms with van der Waals surface area (Å²) in [5, 5.41) is 4.38. The number of hydrogen-bond acceptors (Lipinski definition) is 4. The zero-order chi connectivity index (χ0) is 14.9. The second kappa shape index (κ2) is 5.36. The first-order chi connectivity index (χ1) is 10.8. The highest BCUT2D eigenvalue weighted by Gasteiger charge is 2.15. The second-order valence-electron chi connectivity index (χ2n) is 5.40. The highest BCUT2D eigenvalue weighted by molar-refractivity contribution is 5.76. The summed E-state index contributed by atoms with van der Waals surface area (Å²) in [4.78, 5) is 8.02. The molecule has 22 heavy (non-hydrogen) atoms. The monoisotopic (exact) mass is 298 g/mol. The van der Waals surface area contributed by atoms with Crippen molar-refractivity contribution in [3.8, 4) is 22.9 Å². The normalized spacial score (nSPS) is 13.7. The van der Waals surface area contributed by atoms with Gasteiger partial charge in [-0.2, -0.15) is 5.10 Å². The van der Waals surface area contributed by atoms with E-state index in [2.05, 4.69) is 17.0 Å². The predicted octanol–water partition coefficient (Wildman–Crippen LogP) is 3.00. The Morgan fingerprint density at radius 1 is 1.23 bits per heavy atom. The van der Waals surface area contributed by atoms with Gasteiger partial charge in [0.25, 0.3) is 0 Å². The lowest BCUT2D eigenvalue weighted by molar-refractivity contribution is 0.171. The number of hydrogen-bond donors (Lipinski definition) is 1. The molecule has 3 aromatic rings. The summed E-state index contributed by atoms with van der Waals surface area (Å²) in [5.74, 6) is 2.40. The van der Waals surface area contributed by atoms with E-state index >= 15 is 0 Å². The van der Waals surface area contributed by atoms with Crippen molar-refractivity contribution >= 4 is 11.2 Å². The van der Waals surface area contributed by atoms with E-state index in [4.69, 9.17) is 14.5 Å². The second-order valence-corrected chi connectivity index (χ2v) is 5.40. The number of aryl methyl sites for hydroxylation is 1. The van der Waals surface area contributed by atoms with Crippen LogP contribution in [0.4, 0.5) is 0 Å². The number of aromatic nitrogens is 4. The molecule has 0 atom stereocenters. The van der Waals surface area contributed by atoms with E-state index in [1.54, 1.807) is 0 Å². The van der Waals surface area contributed by atoms with E-state index in [-0.39, 0.29) is 0 Å². The molecule has 6 heteroatoms. The highest BCUT2D eigenvalue weighted by atomic mass is 16.6. The van der Waals surface area contributed by atoms with Gasteiger partial charge in [0.05, 0.1) is 6.20 Å². The van der Waals surface area contributed by atoms with Gasteiger partial charge < -0.3 is 14.5 Å². The Morgan fingerprint density at radius 2 is 2.09 bits per heavy atom. The number of nitrogens with zero attached hydrogens (tertiary/aromatic N) is 3. The molecule has 0 saturated carbocycles. The van der Waals surface area contributed by atoms with E-state index in [0.717, 1.165) is 53.4 Å². The molecule has 2 aromatic heterocycles. The zero-order valence-corrected chi connectivity index (χ0v) is 12.5. The molecule has 3 heterocycles. The van der Waals surface area contributed by atoms with Crippen LogP contribution in [0.25, 0.3) is 22.6 Å². The molecule has 0 radical (unpaired) electrons. The van der Waals surface area contributed by atoms with Crippen molar-refractivity contribution in [3.05, 3.63) is 24.4 Å². The average Bonchev–Trinajstić information content (AvgIpc) is 3.13. The van der Waals surface area contributed by atoms with Crippen LogP contribution in [0.1, 0.15) is 19.8 Å². The summed E-state index contributed by atoms with van der Waals surface area (Å²) >= 11 is 0. The largest absolute Gasteiger partial charge is 0.486 e. The van der Waals surface area contributed by atoms with Crippen molar-refractivity contribution in [2.24, 2.45) is 0 Å². The van der Waals surface area contributed by atoms with Gasteiger partial charge in [-0.15, -0.1) is 0 Å². The number of fused-ring (bicyclic) bond motifs is 2. The minimum Gasteiger partial charge on any atom is -0.486 e. The predicted molar refractivity (Wildman–Crippen MR) is 83.2 cm³/mol. The number of rotatable bonds is 4. The number of benzene rings is 1. The van der Waals surface area contributed by atoms with Gasteiger partial charge in [-0.25, -0.2) is 9.67 Å². The number of H-pyrrole nitrogens is 1. The van der Waals surface area contributed by atoms with Gasteiger partial charge in [-0.05, 0) is 24.6 Å². The van der Waals surface area contributed by atoms with Crippen molar-refractivity contribution < 1.29 is 9.47 Å². The first-order valence-electron chi connectivity index (χ1n) is 7.66. The lowest BCUT2D eigenvalue weighted by Crippen LogP contribution is -2.15. The van der Waals surface area contributed by atoms with E-state index in [9.17, 15) is 0 Å². The minimum atomic E-state index is 0.586. The molecule has 0 fully saturated rings. The smallest absolute Gasteiger partial charge is 0.176 e. The van der Waals surface area contributed by atoms with Crippen LogP contribution in [0.15, 0.2) is 24.4 Å². The molecule has 1 aromatic carbocycles. The van der Waals surface area contributed by atoms with Crippen LogP contribution in [0.5, 0.6) is 11.5 Å². The Kier molecular flexibility index (Phi) is 3.21. The molecule has 4 rings (SSSR count). The molecular weight excluding hydrogens is 280 g/mol. The molecule has 1 aliphatic rings. The van der Waals surface area contributed by atoms with Crippen LogP contribution in [-0.4, -0.2) is 33.0 Å². The summed E-state index contributed by atoms with van der Waals surface area (Å²) in [6.07, 6.45) is 4.07. The number of nitrogens with one attached hydrogen (secondary N) is 1. The summed E-state index contributed by atoms with van der Waals surface area (Å²) in [7, 11) is 0. The molecule has 0 amide bonds. The van der Waals surface area contributed by atoms with Crippen molar-refractivity contribution in [3.63, 3.8) is 0 Å². The first-order valence-corrected chi connectivity index (χ1v) is 7.66. The standard InChI is InChI=1S/C16H18N4O2/c1-2-3-6-20-16-12(10-17-20)18-15(19-16)11-4-5-13-14(9-11)22-8-7-21-13/h4-5,9-10H,2-3,6-8H2,1H3,(H,18,19). The molecular formula is C16H18N4O2. The van der Waals surface area contributed by atoms with E-state index < -0.39 is 0 Å². The average molecular weight is 298 g/mol. The topological polar surface area (TPSA) is 65.0 Å². The van der Waals surface area contributed by atoms with Crippen molar-refractivity contribution in [2.45, 2.75) is 26.3 Å². The van der Waals surface area contributed by atoms with Gasteiger partial charge in [-0.3, -0.25) is 0 Å². The zero-order valence-electron chi connectivity index (χ0n) is 12.5. The van der Waals surface area contributed by atoms with Crippen LogP contribution >= 0.6 is 0 Å². The first kappa shape index (κ1) is 13.2. The maximum Gasteiger partial charge on any atom is 0.176 e. The summed E-state index contributed by atoms with van der Waals surface area (Å²) in [5.41, 5.74) is 2.85. The van der Waals surface area contributed by atoms with Crippen LogP contribution in [-0.2, 0) is 6.54 Å². The fourth-order valence-corrected chi connectivity index (χ4v) is 2.65. The minimum absolute atomic E-state index is 0.586. The maximum atomic E-state index is 5.63. The van der Waals surface area contributed by atoms with Gasteiger partial charge in [0.1, 0.15) is 24.6 Å². The van der Waals surface area contributed by atoms with Gasteiger partial charge >= 0.3 is 0 Å². The fraction of sp³-hybridized carbons (Fsp3) is 0.375. The van der Waals surface area contributed by atoms with Gasteiger partial charge in [-0.1, -0.05) is 13.3 Å². The van der Waals surface area contributed by atoms with Crippen LogP contribution in [0, 0.1) is 0 Å². The fourth-order valence-electron chi connectivity index (χ4n) is 2.65. The number of imidazole rings is 1. The Hall–Kier alpha value is -2.50. The summed E-state index contributed by atoms with van der Waals surface area (Å²) < 4.78 is 13.1. The molecule has 1 N–H and O–H groups in total. The molecule has 114 valence electrons. The number of ether oxygens (including phenoxy) is 2.